The fourth-order valence-electron chi connectivity index (χ4n) is 5.24. The Kier molecular flexibility index (Phi) is 26.9. The summed E-state index contributed by atoms with van der Waals surface area (Å²) in [7, 11) is 0. The maximum atomic E-state index is 11.9. The highest BCUT2D eigenvalue weighted by molar-refractivity contribution is 5.69. The lowest BCUT2D eigenvalue weighted by atomic mass is 10.0. The molecule has 0 aromatic carbocycles. The van der Waals surface area contributed by atoms with Crippen molar-refractivity contribution in [3.8, 4) is 0 Å². The zero-order chi connectivity index (χ0) is 32.8. The molecule has 0 aromatic heterocycles. The van der Waals surface area contributed by atoms with E-state index in [4.69, 9.17) is 14.2 Å². The lowest BCUT2D eigenvalue weighted by molar-refractivity contribution is -0.152. The van der Waals surface area contributed by atoms with E-state index in [9.17, 15) is 14.7 Å². The summed E-state index contributed by atoms with van der Waals surface area (Å²) < 4.78 is 16.0. The van der Waals surface area contributed by atoms with Gasteiger partial charge in [0.05, 0.1) is 12.2 Å². The van der Waals surface area contributed by atoms with Gasteiger partial charge in [-0.25, -0.2) is 0 Å². The van der Waals surface area contributed by atoms with Gasteiger partial charge in [-0.05, 0) is 57.3 Å². The van der Waals surface area contributed by atoms with Crippen LogP contribution in [-0.2, 0) is 23.8 Å². The highest BCUT2D eigenvalue weighted by atomic mass is 16.6. The number of ether oxygens (including phenoxy) is 3. The van der Waals surface area contributed by atoms with Crippen molar-refractivity contribution in [2.45, 2.75) is 180 Å². The van der Waals surface area contributed by atoms with Crippen LogP contribution < -0.4 is 0 Å². The predicted octanol–water partition coefficient (Wildman–Crippen LogP) is 10.1. The van der Waals surface area contributed by atoms with Crippen molar-refractivity contribution in [1.29, 1.82) is 0 Å². The SMILES string of the molecule is CCCCC/C=C\CC1OC1C/C=C\C/C=C\CCCC(=O)OC[C@@H](O)COC(=O)CCCCCCCCCCCCC(C)C. The molecular weight excluding hydrogens is 564 g/mol. The Hall–Kier alpha value is -1.92. The molecule has 1 aliphatic heterocycles. The zero-order valence-corrected chi connectivity index (χ0v) is 29.2. The fourth-order valence-corrected chi connectivity index (χ4v) is 5.24. The molecule has 0 bridgehead atoms. The van der Waals surface area contributed by atoms with Gasteiger partial charge in [0.25, 0.3) is 0 Å². The number of carbonyl (C=O) groups is 2. The Morgan fingerprint density at radius 2 is 1.13 bits per heavy atom. The summed E-state index contributed by atoms with van der Waals surface area (Å²) in [5.74, 6) is 0.188. The van der Waals surface area contributed by atoms with Crippen molar-refractivity contribution in [3.05, 3.63) is 36.5 Å². The van der Waals surface area contributed by atoms with Crippen molar-refractivity contribution in [1.82, 2.24) is 0 Å². The third kappa shape index (κ3) is 28.1. The summed E-state index contributed by atoms with van der Waals surface area (Å²) in [6.45, 7) is 6.53. The third-order valence-electron chi connectivity index (χ3n) is 8.21. The number of epoxide rings is 1. The molecular formula is C39H68O6. The van der Waals surface area contributed by atoms with Crippen LogP contribution in [0.25, 0.3) is 0 Å². The normalized spacial score (nSPS) is 17.2. The first kappa shape index (κ1) is 41.1. The van der Waals surface area contributed by atoms with E-state index in [2.05, 4.69) is 57.2 Å². The van der Waals surface area contributed by atoms with Crippen LogP contribution >= 0.6 is 0 Å². The van der Waals surface area contributed by atoms with E-state index in [0.717, 1.165) is 50.9 Å². The Balaban J connectivity index is 1.88. The van der Waals surface area contributed by atoms with E-state index < -0.39 is 6.10 Å². The van der Waals surface area contributed by atoms with Gasteiger partial charge in [-0.1, -0.05) is 134 Å². The van der Waals surface area contributed by atoms with Crippen LogP contribution in [0.4, 0.5) is 0 Å². The lowest BCUT2D eigenvalue weighted by Crippen LogP contribution is -2.25. The molecule has 1 saturated heterocycles. The summed E-state index contributed by atoms with van der Waals surface area (Å²) in [5.41, 5.74) is 0. The van der Waals surface area contributed by atoms with Gasteiger partial charge in [0.2, 0.25) is 0 Å². The monoisotopic (exact) mass is 633 g/mol. The van der Waals surface area contributed by atoms with E-state index in [1.54, 1.807) is 0 Å². The average Bonchev–Trinajstić information content (AvgIpc) is 3.78. The number of aliphatic hydroxyl groups is 1. The molecule has 0 aliphatic carbocycles. The van der Waals surface area contributed by atoms with E-state index in [0.29, 0.717) is 31.5 Å². The fraction of sp³-hybridized carbons (Fsp3) is 0.795. The van der Waals surface area contributed by atoms with Gasteiger partial charge in [0.1, 0.15) is 19.3 Å². The smallest absolute Gasteiger partial charge is 0.305 e. The van der Waals surface area contributed by atoms with Crippen LogP contribution in [0, 0.1) is 5.92 Å². The van der Waals surface area contributed by atoms with Gasteiger partial charge in [-0.15, -0.1) is 0 Å². The highest BCUT2D eigenvalue weighted by Crippen LogP contribution is 2.29. The largest absolute Gasteiger partial charge is 0.463 e. The number of unbranched alkanes of at least 4 members (excludes halogenated alkanes) is 13. The number of hydrogen-bond donors (Lipinski definition) is 1. The molecule has 260 valence electrons. The summed E-state index contributed by atoms with van der Waals surface area (Å²) in [5, 5.41) is 9.99. The summed E-state index contributed by atoms with van der Waals surface area (Å²) in [6, 6.07) is 0. The molecule has 0 saturated carbocycles. The number of aliphatic hydroxyl groups excluding tert-OH is 1. The van der Waals surface area contributed by atoms with Crippen molar-refractivity contribution in [3.63, 3.8) is 0 Å². The third-order valence-corrected chi connectivity index (χ3v) is 8.21. The first-order chi connectivity index (χ1) is 21.9. The van der Waals surface area contributed by atoms with Gasteiger partial charge in [0.15, 0.2) is 0 Å². The molecule has 0 aromatic rings. The second kappa shape index (κ2) is 29.5. The van der Waals surface area contributed by atoms with Crippen LogP contribution in [0.5, 0.6) is 0 Å². The maximum Gasteiger partial charge on any atom is 0.305 e. The van der Waals surface area contributed by atoms with Crippen molar-refractivity contribution >= 4 is 11.9 Å². The van der Waals surface area contributed by atoms with Crippen LogP contribution in [0.2, 0.25) is 0 Å². The van der Waals surface area contributed by atoms with Gasteiger partial charge in [-0.3, -0.25) is 9.59 Å². The maximum absolute atomic E-state index is 11.9. The van der Waals surface area contributed by atoms with Gasteiger partial charge in [0, 0.05) is 12.8 Å². The number of rotatable bonds is 31. The molecule has 1 N–H and O–H groups in total. The minimum absolute atomic E-state index is 0.136. The van der Waals surface area contributed by atoms with Crippen molar-refractivity contribution in [2.75, 3.05) is 13.2 Å². The van der Waals surface area contributed by atoms with E-state index >= 15 is 0 Å². The molecule has 1 aliphatic rings. The lowest BCUT2D eigenvalue weighted by Gasteiger charge is -2.12. The molecule has 1 rings (SSSR count). The Morgan fingerprint density at radius 3 is 1.73 bits per heavy atom. The number of carbonyl (C=O) groups excluding carboxylic acids is 2. The molecule has 1 fully saturated rings. The number of hydrogen-bond acceptors (Lipinski definition) is 6. The van der Waals surface area contributed by atoms with E-state index in [1.165, 1.54) is 77.0 Å². The van der Waals surface area contributed by atoms with Crippen LogP contribution in [0.15, 0.2) is 36.5 Å². The van der Waals surface area contributed by atoms with Crippen LogP contribution in [0.1, 0.15) is 162 Å². The molecule has 0 amide bonds. The topological polar surface area (TPSA) is 85.4 Å². The summed E-state index contributed by atoms with van der Waals surface area (Å²) in [6.07, 6.45) is 36.6. The standard InChI is InChI=1S/C39H68O6/c1-4-5-6-7-18-23-28-36-37(45-36)29-24-19-14-12-16-21-26-31-39(42)44-33-35(40)32-43-38(41)30-25-20-15-11-9-8-10-13-17-22-27-34(2)3/h12,16,18-19,23-24,34-37,40H,4-11,13-15,17,20-22,25-33H2,1-3H3/b16-12-,23-18-,24-19-/t35-,36?,37?/m0/s1. The van der Waals surface area contributed by atoms with Crippen LogP contribution in [-0.4, -0.2) is 48.6 Å². The summed E-state index contributed by atoms with van der Waals surface area (Å²) in [4.78, 5) is 23.9. The summed E-state index contributed by atoms with van der Waals surface area (Å²) >= 11 is 0. The molecule has 2 unspecified atom stereocenters. The molecule has 1 heterocycles. The Bertz CT molecular complexity index is 801. The Morgan fingerprint density at radius 1 is 0.644 bits per heavy atom. The molecule has 6 nitrogen and oxygen atoms in total. The first-order valence-electron chi connectivity index (χ1n) is 18.5. The minimum atomic E-state index is -0.988. The van der Waals surface area contributed by atoms with Gasteiger partial charge >= 0.3 is 11.9 Å². The Labute approximate surface area is 276 Å². The molecule has 0 radical (unpaired) electrons. The number of allylic oxidation sites excluding steroid dienone is 4. The molecule has 6 heteroatoms. The average molecular weight is 633 g/mol. The van der Waals surface area contributed by atoms with Crippen LogP contribution in [0.3, 0.4) is 0 Å². The second-order valence-electron chi connectivity index (χ2n) is 13.2. The van der Waals surface area contributed by atoms with Crippen molar-refractivity contribution < 1.29 is 28.9 Å². The molecule has 0 spiro atoms. The second-order valence-corrected chi connectivity index (χ2v) is 13.2. The van der Waals surface area contributed by atoms with Crippen molar-refractivity contribution in [2.24, 2.45) is 5.92 Å². The number of esters is 2. The first-order valence-corrected chi connectivity index (χ1v) is 18.5. The predicted molar refractivity (Wildman–Crippen MR) is 186 cm³/mol. The zero-order valence-electron chi connectivity index (χ0n) is 29.2. The molecule has 3 atom stereocenters. The van der Waals surface area contributed by atoms with Gasteiger partial charge < -0.3 is 19.3 Å². The molecule has 45 heavy (non-hydrogen) atoms. The van der Waals surface area contributed by atoms with Gasteiger partial charge in [-0.2, -0.15) is 0 Å². The minimum Gasteiger partial charge on any atom is -0.463 e. The van der Waals surface area contributed by atoms with E-state index in [-0.39, 0.29) is 25.2 Å². The highest BCUT2D eigenvalue weighted by Gasteiger charge is 2.35. The van der Waals surface area contributed by atoms with E-state index in [1.807, 2.05) is 0 Å². The quantitative estimate of drug-likeness (QED) is 0.0354.